The molecule has 1 aliphatic heterocycles. The zero-order valence-electron chi connectivity index (χ0n) is 10.8. The number of carbonyl (C=O) groups is 3. The number of esters is 1. The fourth-order valence-corrected chi connectivity index (χ4v) is 1.93. The highest BCUT2D eigenvalue weighted by atomic mass is 16.6. The first-order valence-corrected chi connectivity index (χ1v) is 6.30. The number of amides is 1. The lowest BCUT2D eigenvalue weighted by atomic mass is 10.1. The smallest absolute Gasteiger partial charge is 0.408 e. The summed E-state index contributed by atoms with van der Waals surface area (Å²) in [5.41, 5.74) is 0.857. The summed E-state index contributed by atoms with van der Waals surface area (Å²) in [4.78, 5) is 33.4. The molecule has 0 spiro atoms. The lowest BCUT2D eigenvalue weighted by Gasteiger charge is -2.09. The zero-order chi connectivity index (χ0) is 14.4. The molecule has 1 saturated heterocycles. The fourth-order valence-electron chi connectivity index (χ4n) is 1.93. The van der Waals surface area contributed by atoms with Gasteiger partial charge in [0.25, 0.3) is 0 Å². The van der Waals surface area contributed by atoms with E-state index in [0.29, 0.717) is 6.29 Å². The van der Waals surface area contributed by atoms with Gasteiger partial charge in [-0.05, 0) is 5.56 Å². The molecule has 1 fully saturated rings. The average Bonchev–Trinajstić information content (AvgIpc) is 2.78. The van der Waals surface area contributed by atoms with E-state index in [1.54, 1.807) is 0 Å². The van der Waals surface area contributed by atoms with Crippen LogP contribution in [0.2, 0.25) is 0 Å². The minimum atomic E-state index is -0.747. The highest BCUT2D eigenvalue weighted by Crippen LogP contribution is 2.17. The average molecular weight is 277 g/mol. The minimum absolute atomic E-state index is 0.131. The van der Waals surface area contributed by atoms with Crippen LogP contribution in [0, 0.1) is 0 Å². The van der Waals surface area contributed by atoms with Gasteiger partial charge in [0.1, 0.15) is 25.0 Å². The molecule has 20 heavy (non-hydrogen) atoms. The molecule has 1 N–H and O–H groups in total. The third kappa shape index (κ3) is 3.81. The van der Waals surface area contributed by atoms with Crippen molar-refractivity contribution in [2.75, 3.05) is 0 Å². The Morgan fingerprint density at radius 1 is 1.40 bits per heavy atom. The molecule has 1 aliphatic rings. The highest BCUT2D eigenvalue weighted by molar-refractivity contribution is 5.83. The van der Waals surface area contributed by atoms with Gasteiger partial charge in [0.05, 0.1) is 0 Å². The van der Waals surface area contributed by atoms with Gasteiger partial charge in [0, 0.05) is 12.8 Å². The first kappa shape index (κ1) is 14.0. The predicted octanol–water partition coefficient (Wildman–Crippen LogP) is 1.19. The van der Waals surface area contributed by atoms with E-state index in [0.717, 1.165) is 5.56 Å². The van der Waals surface area contributed by atoms with Crippen LogP contribution in [0.25, 0.3) is 0 Å². The van der Waals surface area contributed by atoms with Crippen LogP contribution in [0.3, 0.4) is 0 Å². The van der Waals surface area contributed by atoms with Gasteiger partial charge in [-0.1, -0.05) is 30.3 Å². The molecule has 0 aromatic heterocycles. The number of ether oxygens (including phenoxy) is 2. The van der Waals surface area contributed by atoms with E-state index >= 15 is 0 Å². The molecule has 0 unspecified atom stereocenters. The van der Waals surface area contributed by atoms with Gasteiger partial charge in [0.15, 0.2) is 0 Å². The molecule has 6 nitrogen and oxygen atoms in total. The standard InChI is InChI=1S/C14H15NO5/c16-7-6-11-8-12(13(17)20-11)15-14(18)19-9-10-4-2-1-3-5-10/h1-5,7,11-12H,6,8-9H2,(H,15,18)/t11-,12+/m1/s1. The molecular weight excluding hydrogens is 262 g/mol. The van der Waals surface area contributed by atoms with Crippen molar-refractivity contribution < 1.29 is 23.9 Å². The van der Waals surface area contributed by atoms with Crippen LogP contribution in [0.4, 0.5) is 4.79 Å². The van der Waals surface area contributed by atoms with E-state index in [-0.39, 0.29) is 19.4 Å². The van der Waals surface area contributed by atoms with Crippen molar-refractivity contribution in [3.05, 3.63) is 35.9 Å². The maximum Gasteiger partial charge on any atom is 0.408 e. The number of cyclic esters (lactones) is 1. The lowest BCUT2D eigenvalue weighted by Crippen LogP contribution is -2.38. The molecule has 0 saturated carbocycles. The Morgan fingerprint density at radius 3 is 2.85 bits per heavy atom. The van der Waals surface area contributed by atoms with Crippen molar-refractivity contribution in [1.82, 2.24) is 5.32 Å². The molecule has 0 radical (unpaired) electrons. The van der Waals surface area contributed by atoms with Crippen LogP contribution in [-0.2, 0) is 25.7 Å². The number of nitrogens with one attached hydrogen (secondary N) is 1. The Bertz CT molecular complexity index is 488. The summed E-state index contributed by atoms with van der Waals surface area (Å²) in [5, 5.41) is 2.44. The summed E-state index contributed by atoms with van der Waals surface area (Å²) in [5.74, 6) is -0.534. The van der Waals surface area contributed by atoms with Crippen LogP contribution < -0.4 is 5.32 Å². The molecule has 1 heterocycles. The number of aldehydes is 1. The van der Waals surface area contributed by atoms with Crippen molar-refractivity contribution in [2.24, 2.45) is 0 Å². The third-order valence-corrected chi connectivity index (χ3v) is 2.93. The van der Waals surface area contributed by atoms with E-state index in [1.165, 1.54) is 0 Å². The van der Waals surface area contributed by atoms with E-state index in [2.05, 4.69) is 5.32 Å². The number of hydrogen-bond acceptors (Lipinski definition) is 5. The maximum absolute atomic E-state index is 11.6. The summed E-state index contributed by atoms with van der Waals surface area (Å²) in [6.07, 6.45) is -0.0170. The van der Waals surface area contributed by atoms with Gasteiger partial charge >= 0.3 is 12.1 Å². The molecule has 106 valence electrons. The molecule has 0 bridgehead atoms. The first-order chi connectivity index (χ1) is 9.69. The fraction of sp³-hybridized carbons (Fsp3) is 0.357. The number of carbonyl (C=O) groups excluding carboxylic acids is 3. The van der Waals surface area contributed by atoms with Gasteiger partial charge in [-0.25, -0.2) is 9.59 Å². The summed E-state index contributed by atoms with van der Waals surface area (Å²) < 4.78 is 9.94. The Kier molecular flexibility index (Phi) is 4.70. The number of benzene rings is 1. The maximum atomic E-state index is 11.6. The van der Waals surface area contributed by atoms with Crippen molar-refractivity contribution in [3.8, 4) is 0 Å². The molecule has 0 aliphatic carbocycles. The second-order valence-corrected chi connectivity index (χ2v) is 4.46. The largest absolute Gasteiger partial charge is 0.460 e. The first-order valence-electron chi connectivity index (χ1n) is 6.30. The predicted molar refractivity (Wildman–Crippen MR) is 68.7 cm³/mol. The van der Waals surface area contributed by atoms with Crippen molar-refractivity contribution in [3.63, 3.8) is 0 Å². The third-order valence-electron chi connectivity index (χ3n) is 2.93. The van der Waals surface area contributed by atoms with Crippen molar-refractivity contribution >= 4 is 18.3 Å². The zero-order valence-corrected chi connectivity index (χ0v) is 10.8. The molecule has 1 amide bonds. The Morgan fingerprint density at radius 2 is 2.15 bits per heavy atom. The summed E-state index contributed by atoms with van der Waals surface area (Å²) in [7, 11) is 0. The van der Waals surface area contributed by atoms with Crippen LogP contribution in [0.5, 0.6) is 0 Å². The number of alkyl carbamates (subject to hydrolysis) is 1. The Balaban J connectivity index is 1.77. The van der Waals surface area contributed by atoms with Crippen LogP contribution in [0.1, 0.15) is 18.4 Å². The van der Waals surface area contributed by atoms with E-state index in [1.807, 2.05) is 30.3 Å². The van der Waals surface area contributed by atoms with Gasteiger partial charge in [-0.2, -0.15) is 0 Å². The lowest BCUT2D eigenvalue weighted by molar-refractivity contribution is -0.143. The quantitative estimate of drug-likeness (QED) is 0.645. The van der Waals surface area contributed by atoms with Crippen LogP contribution in [-0.4, -0.2) is 30.5 Å². The minimum Gasteiger partial charge on any atom is -0.460 e. The summed E-state index contributed by atoms with van der Waals surface area (Å²) >= 11 is 0. The molecule has 1 aromatic carbocycles. The second-order valence-electron chi connectivity index (χ2n) is 4.46. The highest BCUT2D eigenvalue weighted by Gasteiger charge is 2.35. The van der Waals surface area contributed by atoms with E-state index in [4.69, 9.17) is 9.47 Å². The van der Waals surface area contributed by atoms with Gasteiger partial charge in [0.2, 0.25) is 0 Å². The van der Waals surface area contributed by atoms with Crippen LogP contribution in [0.15, 0.2) is 30.3 Å². The molecule has 2 atom stereocenters. The molecule has 2 rings (SSSR count). The molecule has 6 heteroatoms. The number of rotatable bonds is 5. The van der Waals surface area contributed by atoms with Crippen molar-refractivity contribution in [2.45, 2.75) is 31.6 Å². The van der Waals surface area contributed by atoms with E-state index in [9.17, 15) is 14.4 Å². The Labute approximate surface area is 116 Å². The van der Waals surface area contributed by atoms with E-state index < -0.39 is 24.2 Å². The van der Waals surface area contributed by atoms with Gasteiger partial charge in [-0.15, -0.1) is 0 Å². The van der Waals surface area contributed by atoms with Crippen molar-refractivity contribution in [1.29, 1.82) is 0 Å². The second kappa shape index (κ2) is 6.70. The van der Waals surface area contributed by atoms with Crippen LogP contribution >= 0.6 is 0 Å². The summed E-state index contributed by atoms with van der Waals surface area (Å²) in [6.45, 7) is 0.131. The molecular formula is C14H15NO5. The van der Waals surface area contributed by atoms with Gasteiger partial charge in [-0.3, -0.25) is 0 Å². The monoisotopic (exact) mass is 277 g/mol. The SMILES string of the molecule is O=CC[C@@H]1C[C@H](NC(=O)OCc2ccccc2)C(=O)O1. The number of hydrogen-bond donors (Lipinski definition) is 1. The summed E-state index contributed by atoms with van der Waals surface area (Å²) in [6, 6.07) is 8.46. The Hall–Kier alpha value is -2.37. The molecule has 1 aromatic rings. The normalized spacial score (nSPS) is 21.1. The topological polar surface area (TPSA) is 81.7 Å². The van der Waals surface area contributed by atoms with Gasteiger partial charge < -0.3 is 19.6 Å².